The maximum Gasteiger partial charge on any atom is 0.269 e. The van der Waals surface area contributed by atoms with Gasteiger partial charge in [0.05, 0.1) is 4.92 Å². The Hall–Kier alpha value is -1.95. The maximum absolute atomic E-state index is 11.0. The lowest BCUT2D eigenvalue weighted by Gasteiger charge is -2.37. The molecule has 1 saturated heterocycles. The van der Waals surface area contributed by atoms with Crippen LogP contribution >= 0.6 is 0 Å². The van der Waals surface area contributed by atoms with Crippen LogP contribution in [0.2, 0.25) is 0 Å². The van der Waals surface area contributed by atoms with Crippen molar-refractivity contribution in [3.8, 4) is 0 Å². The minimum atomic E-state index is -0.346. The van der Waals surface area contributed by atoms with Crippen molar-refractivity contribution in [1.82, 2.24) is 4.90 Å². The Labute approximate surface area is 136 Å². The van der Waals surface area contributed by atoms with Gasteiger partial charge in [0.25, 0.3) is 5.69 Å². The van der Waals surface area contributed by atoms with Crippen molar-refractivity contribution in [2.24, 2.45) is 11.7 Å². The van der Waals surface area contributed by atoms with E-state index in [1.165, 1.54) is 0 Å². The zero-order chi connectivity index (χ0) is 17.0. The Morgan fingerprint density at radius 2 is 2.26 bits per heavy atom. The summed E-state index contributed by atoms with van der Waals surface area (Å²) in [6.07, 6.45) is 3.46. The topological polar surface area (TPSA) is 89.5 Å². The number of hydrogen-bond donors (Lipinski definition) is 1. The van der Waals surface area contributed by atoms with Crippen LogP contribution in [0.4, 0.5) is 5.69 Å². The summed E-state index contributed by atoms with van der Waals surface area (Å²) in [5, 5.41) is 11.0. The van der Waals surface area contributed by atoms with Gasteiger partial charge in [-0.15, -0.1) is 0 Å². The van der Waals surface area contributed by atoms with Crippen LogP contribution in [0.1, 0.15) is 49.8 Å². The number of rotatable bonds is 6. The number of carbonyl (C=O) groups excluding carboxylic acids is 1. The summed E-state index contributed by atoms with van der Waals surface area (Å²) < 4.78 is 0. The quantitative estimate of drug-likeness (QED) is 0.645. The van der Waals surface area contributed by atoms with Crippen LogP contribution in [-0.4, -0.2) is 28.8 Å². The number of nitro groups is 1. The number of hydrogen-bond acceptors (Lipinski definition) is 4. The Morgan fingerprint density at radius 3 is 2.91 bits per heavy atom. The van der Waals surface area contributed by atoms with Gasteiger partial charge in [-0.05, 0) is 56.7 Å². The van der Waals surface area contributed by atoms with Crippen molar-refractivity contribution in [2.45, 2.75) is 45.6 Å². The van der Waals surface area contributed by atoms with Crippen LogP contribution in [0.25, 0.3) is 0 Å². The second kappa shape index (κ2) is 7.55. The van der Waals surface area contributed by atoms with Gasteiger partial charge in [-0.25, -0.2) is 0 Å². The van der Waals surface area contributed by atoms with Gasteiger partial charge >= 0.3 is 0 Å². The number of nitrogens with two attached hydrogens (primary N) is 1. The fourth-order valence-electron chi connectivity index (χ4n) is 3.42. The van der Waals surface area contributed by atoms with Gasteiger partial charge in [-0.1, -0.05) is 6.07 Å². The van der Waals surface area contributed by atoms with E-state index < -0.39 is 0 Å². The molecule has 6 heteroatoms. The van der Waals surface area contributed by atoms with E-state index >= 15 is 0 Å². The monoisotopic (exact) mass is 319 g/mol. The molecule has 1 aromatic rings. The molecule has 6 nitrogen and oxygen atoms in total. The van der Waals surface area contributed by atoms with Gasteiger partial charge in [0.15, 0.2) is 0 Å². The SMILES string of the molecule is Cc1ccc([N+](=O)[O-])cc1C(C)N1CCCC(CCC(N)=O)C1. The third-order valence-corrected chi connectivity index (χ3v) is 4.82. The molecule has 0 aromatic heterocycles. The summed E-state index contributed by atoms with van der Waals surface area (Å²) >= 11 is 0. The van der Waals surface area contributed by atoms with Gasteiger partial charge in [-0.3, -0.25) is 19.8 Å². The average Bonchev–Trinajstić information content (AvgIpc) is 2.52. The standard InChI is InChI=1S/C17H25N3O3/c1-12-5-7-15(20(22)23)10-16(12)13(2)19-9-3-4-14(11-19)6-8-17(18)21/h5,7,10,13-14H,3-4,6,8-9,11H2,1-2H3,(H2,18,21). The highest BCUT2D eigenvalue weighted by molar-refractivity contribution is 5.73. The van der Waals surface area contributed by atoms with E-state index in [4.69, 9.17) is 5.73 Å². The van der Waals surface area contributed by atoms with Crippen LogP contribution in [0, 0.1) is 23.0 Å². The number of amides is 1. The summed E-state index contributed by atoms with van der Waals surface area (Å²) in [5.74, 6) is 0.224. The van der Waals surface area contributed by atoms with Crippen molar-refractivity contribution in [3.05, 3.63) is 39.4 Å². The molecule has 1 amide bonds. The average molecular weight is 319 g/mol. The Kier molecular flexibility index (Phi) is 5.71. The fourth-order valence-corrected chi connectivity index (χ4v) is 3.42. The largest absolute Gasteiger partial charge is 0.370 e. The first-order valence-electron chi connectivity index (χ1n) is 8.15. The smallest absolute Gasteiger partial charge is 0.269 e. The highest BCUT2D eigenvalue weighted by Gasteiger charge is 2.26. The molecule has 0 saturated carbocycles. The predicted molar refractivity (Wildman–Crippen MR) is 89.0 cm³/mol. The maximum atomic E-state index is 11.0. The number of likely N-dealkylation sites (tertiary alicyclic amines) is 1. The van der Waals surface area contributed by atoms with Crippen molar-refractivity contribution in [1.29, 1.82) is 0 Å². The fraction of sp³-hybridized carbons (Fsp3) is 0.588. The highest BCUT2D eigenvalue weighted by Crippen LogP contribution is 2.31. The zero-order valence-electron chi connectivity index (χ0n) is 13.8. The van der Waals surface area contributed by atoms with E-state index in [0.29, 0.717) is 12.3 Å². The lowest BCUT2D eigenvalue weighted by atomic mass is 9.90. The second-order valence-electron chi connectivity index (χ2n) is 6.48. The third-order valence-electron chi connectivity index (χ3n) is 4.82. The molecule has 0 bridgehead atoms. The van der Waals surface area contributed by atoms with E-state index in [1.807, 2.05) is 13.0 Å². The molecule has 0 spiro atoms. The first-order chi connectivity index (χ1) is 10.9. The highest BCUT2D eigenvalue weighted by atomic mass is 16.6. The van der Waals surface area contributed by atoms with Gasteiger partial charge in [0.2, 0.25) is 5.91 Å². The first-order valence-corrected chi connectivity index (χ1v) is 8.15. The zero-order valence-corrected chi connectivity index (χ0v) is 13.8. The van der Waals surface area contributed by atoms with E-state index in [9.17, 15) is 14.9 Å². The van der Waals surface area contributed by atoms with Crippen molar-refractivity contribution >= 4 is 11.6 Å². The lowest BCUT2D eigenvalue weighted by Crippen LogP contribution is -2.37. The number of aryl methyl sites for hydroxylation is 1. The number of primary amides is 1. The Morgan fingerprint density at radius 1 is 1.52 bits per heavy atom. The van der Waals surface area contributed by atoms with E-state index in [2.05, 4.69) is 11.8 Å². The number of benzene rings is 1. The number of carbonyl (C=O) groups is 1. The minimum Gasteiger partial charge on any atom is -0.370 e. The molecule has 23 heavy (non-hydrogen) atoms. The van der Waals surface area contributed by atoms with Crippen molar-refractivity contribution in [3.63, 3.8) is 0 Å². The van der Waals surface area contributed by atoms with Gasteiger partial charge < -0.3 is 5.73 Å². The molecule has 0 aliphatic carbocycles. The molecule has 2 unspecified atom stereocenters. The second-order valence-corrected chi connectivity index (χ2v) is 6.48. The van der Waals surface area contributed by atoms with Crippen LogP contribution in [0.5, 0.6) is 0 Å². The van der Waals surface area contributed by atoms with E-state index in [1.54, 1.807) is 12.1 Å². The van der Waals surface area contributed by atoms with Crippen LogP contribution in [0.15, 0.2) is 18.2 Å². The molecule has 1 aliphatic rings. The molecular formula is C17H25N3O3. The molecule has 126 valence electrons. The number of nitro benzene ring substituents is 1. The first kappa shape index (κ1) is 17.4. The summed E-state index contributed by atoms with van der Waals surface area (Å²) in [4.78, 5) is 24.0. The molecule has 2 rings (SSSR count). The molecular weight excluding hydrogens is 294 g/mol. The third kappa shape index (κ3) is 4.51. The normalized spacial score (nSPS) is 20.2. The molecule has 0 radical (unpaired) electrons. The van der Waals surface area contributed by atoms with Crippen LogP contribution in [0.3, 0.4) is 0 Å². The van der Waals surface area contributed by atoms with Gasteiger partial charge in [0, 0.05) is 31.1 Å². The minimum absolute atomic E-state index is 0.131. The summed E-state index contributed by atoms with van der Waals surface area (Å²) in [6, 6.07) is 5.19. The Balaban J connectivity index is 2.10. The molecule has 1 fully saturated rings. The van der Waals surface area contributed by atoms with E-state index in [0.717, 1.165) is 43.5 Å². The number of piperidine rings is 1. The van der Waals surface area contributed by atoms with Gasteiger partial charge in [0.1, 0.15) is 0 Å². The van der Waals surface area contributed by atoms with Gasteiger partial charge in [-0.2, -0.15) is 0 Å². The summed E-state index contributed by atoms with van der Waals surface area (Å²) in [6.45, 7) is 5.99. The molecule has 1 aromatic carbocycles. The van der Waals surface area contributed by atoms with Crippen molar-refractivity contribution < 1.29 is 9.72 Å². The molecule has 2 N–H and O–H groups in total. The summed E-state index contributed by atoms with van der Waals surface area (Å²) in [5.41, 5.74) is 7.46. The Bertz CT molecular complexity index is 588. The van der Waals surface area contributed by atoms with Crippen LogP contribution < -0.4 is 5.73 Å². The summed E-state index contributed by atoms with van der Waals surface area (Å²) in [7, 11) is 0. The molecule has 2 atom stereocenters. The van der Waals surface area contributed by atoms with Crippen LogP contribution in [-0.2, 0) is 4.79 Å². The molecule has 1 aliphatic heterocycles. The van der Waals surface area contributed by atoms with E-state index in [-0.39, 0.29) is 22.6 Å². The van der Waals surface area contributed by atoms with Crippen molar-refractivity contribution in [2.75, 3.05) is 13.1 Å². The predicted octanol–water partition coefficient (Wildman–Crippen LogP) is 2.94. The number of nitrogens with zero attached hydrogens (tertiary/aromatic N) is 2. The molecule has 1 heterocycles. The lowest BCUT2D eigenvalue weighted by molar-refractivity contribution is -0.385. The number of non-ortho nitro benzene ring substituents is 1.